The van der Waals surface area contributed by atoms with Gasteiger partial charge in [-0.25, -0.2) is 0 Å². The van der Waals surface area contributed by atoms with E-state index in [-0.39, 0.29) is 0 Å². The molecule has 0 amide bonds. The van der Waals surface area contributed by atoms with Crippen molar-refractivity contribution < 1.29 is 0 Å². The van der Waals surface area contributed by atoms with E-state index >= 15 is 0 Å². The standard InChI is InChI=1S/C9H14.C5H8.C2H6/c1-5-7-9(4)8(3)6-2;1-3-5-4-2;1-2/h5-8H,2,4H2,1,3H3;3-5H,1H2,2H3;1-2H3/b7-5-;5-4-;. The van der Waals surface area contributed by atoms with E-state index in [4.69, 9.17) is 0 Å². The fourth-order valence-corrected chi connectivity index (χ4v) is 0.653. The Kier molecular flexibility index (Phi) is 24.3. The van der Waals surface area contributed by atoms with Gasteiger partial charge >= 0.3 is 0 Å². The van der Waals surface area contributed by atoms with Crippen LogP contribution in [0, 0.1) is 5.92 Å². The molecule has 0 nitrogen and oxygen atoms in total. The summed E-state index contributed by atoms with van der Waals surface area (Å²) in [6, 6.07) is 0. The molecule has 0 heterocycles. The fraction of sp³-hybridized carbons (Fsp3) is 0.375. The van der Waals surface area contributed by atoms with Gasteiger partial charge in [0.25, 0.3) is 0 Å². The molecule has 0 aromatic heterocycles. The molecule has 0 saturated carbocycles. The molecule has 0 heteroatoms. The Labute approximate surface area is 103 Å². The van der Waals surface area contributed by atoms with E-state index < -0.39 is 0 Å². The van der Waals surface area contributed by atoms with Crippen molar-refractivity contribution in [1.29, 1.82) is 0 Å². The second-order valence-electron chi connectivity index (χ2n) is 2.86. The first kappa shape index (κ1) is 20.2. The van der Waals surface area contributed by atoms with Crippen molar-refractivity contribution in [2.24, 2.45) is 5.92 Å². The Morgan fingerprint density at radius 1 is 1.06 bits per heavy atom. The summed E-state index contributed by atoms with van der Waals surface area (Å²) in [4.78, 5) is 0. The maximum absolute atomic E-state index is 3.86. The zero-order valence-electron chi connectivity index (χ0n) is 11.7. The van der Waals surface area contributed by atoms with Gasteiger partial charge in [0.05, 0.1) is 0 Å². The maximum atomic E-state index is 3.86. The summed E-state index contributed by atoms with van der Waals surface area (Å²) in [6.45, 7) is 21.0. The highest BCUT2D eigenvalue weighted by Crippen LogP contribution is 2.09. The molecule has 92 valence electrons. The lowest BCUT2D eigenvalue weighted by Gasteiger charge is -2.02. The van der Waals surface area contributed by atoms with E-state index in [1.54, 1.807) is 6.08 Å². The number of hydrogen-bond donors (Lipinski definition) is 0. The topological polar surface area (TPSA) is 0 Å². The second-order valence-corrected chi connectivity index (χ2v) is 2.86. The van der Waals surface area contributed by atoms with Gasteiger partial charge in [-0.3, -0.25) is 0 Å². The molecule has 0 aliphatic carbocycles. The zero-order chi connectivity index (χ0) is 13.4. The van der Waals surface area contributed by atoms with Crippen LogP contribution in [0.1, 0.15) is 34.6 Å². The molecule has 0 saturated heterocycles. The molecule has 0 aliphatic heterocycles. The van der Waals surface area contributed by atoms with Gasteiger partial charge in [-0.05, 0) is 25.3 Å². The SMILES string of the molecule is C=C/C=C\C.C=CC(C)C(=C)/C=C\C.CC. The maximum Gasteiger partial charge on any atom is -0.00191 e. The summed E-state index contributed by atoms with van der Waals surface area (Å²) in [6.07, 6.45) is 11.5. The molecular weight excluding hydrogens is 192 g/mol. The molecule has 0 aromatic rings. The van der Waals surface area contributed by atoms with Crippen LogP contribution in [-0.2, 0) is 0 Å². The molecule has 0 radical (unpaired) electrons. The minimum atomic E-state index is 0.404. The van der Waals surface area contributed by atoms with Crippen LogP contribution in [0.5, 0.6) is 0 Å². The Hall–Kier alpha value is -1.30. The van der Waals surface area contributed by atoms with Crippen LogP contribution in [0.15, 0.2) is 61.8 Å². The molecule has 16 heavy (non-hydrogen) atoms. The highest BCUT2D eigenvalue weighted by atomic mass is 14.0. The molecule has 0 fully saturated rings. The Bertz CT molecular complexity index is 216. The quantitative estimate of drug-likeness (QED) is 0.420. The molecular formula is C16H28. The Morgan fingerprint density at radius 3 is 1.75 bits per heavy atom. The van der Waals surface area contributed by atoms with Crippen molar-refractivity contribution in [3.8, 4) is 0 Å². The van der Waals surface area contributed by atoms with Crippen molar-refractivity contribution in [2.45, 2.75) is 34.6 Å². The summed E-state index contributed by atoms with van der Waals surface area (Å²) in [7, 11) is 0. The van der Waals surface area contributed by atoms with E-state index in [2.05, 4.69) is 26.7 Å². The van der Waals surface area contributed by atoms with E-state index in [0.29, 0.717) is 5.92 Å². The van der Waals surface area contributed by atoms with E-state index in [9.17, 15) is 0 Å². The van der Waals surface area contributed by atoms with Gasteiger partial charge in [0.1, 0.15) is 0 Å². The number of rotatable bonds is 4. The summed E-state index contributed by atoms with van der Waals surface area (Å²) in [5.74, 6) is 0.404. The summed E-state index contributed by atoms with van der Waals surface area (Å²) < 4.78 is 0. The molecule has 0 bridgehead atoms. The monoisotopic (exact) mass is 220 g/mol. The van der Waals surface area contributed by atoms with Gasteiger partial charge in [0.2, 0.25) is 0 Å². The highest BCUT2D eigenvalue weighted by Gasteiger charge is 1.94. The van der Waals surface area contributed by atoms with Crippen LogP contribution in [-0.4, -0.2) is 0 Å². The molecule has 0 aliphatic rings. The van der Waals surface area contributed by atoms with Gasteiger partial charge in [-0.1, -0.05) is 70.4 Å². The predicted octanol–water partition coefficient (Wildman–Crippen LogP) is 5.72. The average Bonchev–Trinajstić information content (AvgIpc) is 2.33. The van der Waals surface area contributed by atoms with Gasteiger partial charge in [-0.2, -0.15) is 0 Å². The first-order valence-electron chi connectivity index (χ1n) is 5.81. The third-order valence-corrected chi connectivity index (χ3v) is 1.65. The second kappa shape index (κ2) is 19.3. The summed E-state index contributed by atoms with van der Waals surface area (Å²) >= 11 is 0. The van der Waals surface area contributed by atoms with Gasteiger partial charge < -0.3 is 0 Å². The Balaban J connectivity index is -0.000000205. The fourth-order valence-electron chi connectivity index (χ4n) is 0.653. The van der Waals surface area contributed by atoms with Crippen molar-refractivity contribution in [1.82, 2.24) is 0 Å². The Morgan fingerprint density at radius 2 is 1.56 bits per heavy atom. The predicted molar refractivity (Wildman–Crippen MR) is 79.7 cm³/mol. The first-order chi connectivity index (χ1) is 7.63. The smallest absolute Gasteiger partial charge is 0.00191 e. The van der Waals surface area contributed by atoms with Gasteiger partial charge in [-0.15, -0.1) is 6.58 Å². The lowest BCUT2D eigenvalue weighted by Crippen LogP contribution is -1.88. The van der Waals surface area contributed by atoms with E-state index in [1.165, 1.54) is 0 Å². The van der Waals surface area contributed by atoms with Crippen LogP contribution in [0.3, 0.4) is 0 Å². The first-order valence-corrected chi connectivity index (χ1v) is 5.81. The zero-order valence-corrected chi connectivity index (χ0v) is 11.7. The highest BCUT2D eigenvalue weighted by molar-refractivity contribution is 5.19. The largest absolute Gasteiger partial charge is 0.102 e. The third-order valence-electron chi connectivity index (χ3n) is 1.65. The van der Waals surface area contributed by atoms with Crippen molar-refractivity contribution in [3.63, 3.8) is 0 Å². The summed E-state index contributed by atoms with van der Waals surface area (Å²) in [5, 5.41) is 0. The minimum absolute atomic E-state index is 0.404. The number of allylic oxidation sites excluding steroid dienone is 7. The molecule has 0 rings (SSSR count). The van der Waals surface area contributed by atoms with Crippen molar-refractivity contribution >= 4 is 0 Å². The van der Waals surface area contributed by atoms with Crippen LogP contribution < -0.4 is 0 Å². The van der Waals surface area contributed by atoms with Gasteiger partial charge in [0.15, 0.2) is 0 Å². The molecule has 0 spiro atoms. The normalized spacial score (nSPS) is 10.8. The summed E-state index contributed by atoms with van der Waals surface area (Å²) in [5.41, 5.74) is 1.12. The number of hydrogen-bond acceptors (Lipinski definition) is 0. The van der Waals surface area contributed by atoms with E-state index in [0.717, 1.165) is 5.57 Å². The molecule has 1 unspecified atom stereocenters. The van der Waals surface area contributed by atoms with Crippen molar-refractivity contribution in [2.75, 3.05) is 0 Å². The minimum Gasteiger partial charge on any atom is -0.102 e. The molecule has 0 N–H and O–H groups in total. The average molecular weight is 220 g/mol. The lowest BCUT2D eigenvalue weighted by molar-refractivity contribution is 0.899. The van der Waals surface area contributed by atoms with Crippen molar-refractivity contribution in [3.05, 3.63) is 61.8 Å². The molecule has 0 aromatic carbocycles. The van der Waals surface area contributed by atoms with Gasteiger partial charge in [0, 0.05) is 0 Å². The third kappa shape index (κ3) is 18.5. The van der Waals surface area contributed by atoms with Crippen LogP contribution in [0.25, 0.3) is 0 Å². The van der Waals surface area contributed by atoms with E-state index in [1.807, 2.05) is 58.1 Å². The lowest BCUT2D eigenvalue weighted by atomic mass is 10.0. The van der Waals surface area contributed by atoms with Crippen LogP contribution in [0.2, 0.25) is 0 Å². The van der Waals surface area contributed by atoms with Crippen LogP contribution in [0.4, 0.5) is 0 Å². The molecule has 1 atom stereocenters. The van der Waals surface area contributed by atoms with Crippen LogP contribution >= 0.6 is 0 Å².